The Balaban J connectivity index is 1.46. The lowest BCUT2D eigenvalue weighted by molar-refractivity contribution is -0.125. The first-order valence-electron chi connectivity index (χ1n) is 8.23. The Labute approximate surface area is 136 Å². The van der Waals surface area contributed by atoms with Crippen molar-refractivity contribution in [1.82, 2.24) is 15.1 Å². The molecule has 23 heavy (non-hydrogen) atoms. The molecule has 0 radical (unpaired) electrons. The van der Waals surface area contributed by atoms with Crippen LogP contribution < -0.4 is 5.32 Å². The number of hydrogen-bond acceptors (Lipinski definition) is 3. The van der Waals surface area contributed by atoms with E-state index in [-0.39, 0.29) is 12.3 Å². The molecule has 0 unspecified atom stereocenters. The first kappa shape index (κ1) is 15.7. The fraction of sp³-hybridized carbons (Fsp3) is 0.444. The molecule has 3 rings (SSSR count). The standard InChI is InChI=1S/C18H23N3O2/c22-17(12-18(23)9-4-5-10-18)19-11-8-15-13-20-21(14-15)16-6-2-1-3-7-16/h1-3,6-7,13-14,23H,4-5,8-12H2,(H,19,22). The summed E-state index contributed by atoms with van der Waals surface area (Å²) in [5.74, 6) is -0.0650. The molecular formula is C18H23N3O2. The fourth-order valence-corrected chi connectivity index (χ4v) is 3.13. The summed E-state index contributed by atoms with van der Waals surface area (Å²) in [4.78, 5) is 11.9. The topological polar surface area (TPSA) is 67.2 Å². The molecule has 1 heterocycles. The number of nitrogens with zero attached hydrogens (tertiary/aromatic N) is 2. The van der Waals surface area contributed by atoms with Gasteiger partial charge in [0.2, 0.25) is 5.91 Å². The summed E-state index contributed by atoms with van der Waals surface area (Å²) in [6, 6.07) is 9.93. The van der Waals surface area contributed by atoms with E-state index in [1.54, 1.807) is 0 Å². The molecular weight excluding hydrogens is 290 g/mol. The highest BCUT2D eigenvalue weighted by molar-refractivity contribution is 5.77. The highest BCUT2D eigenvalue weighted by Crippen LogP contribution is 2.32. The predicted octanol–water partition coefficient (Wildman–Crippen LogP) is 2.23. The second kappa shape index (κ2) is 6.96. The summed E-state index contributed by atoms with van der Waals surface area (Å²) < 4.78 is 1.83. The number of para-hydroxylation sites is 1. The minimum atomic E-state index is -0.776. The van der Waals surface area contributed by atoms with Crippen LogP contribution in [0.4, 0.5) is 0 Å². The molecule has 0 aliphatic heterocycles. The number of rotatable bonds is 6. The second-order valence-electron chi connectivity index (χ2n) is 6.34. The van der Waals surface area contributed by atoms with E-state index < -0.39 is 5.60 Å². The van der Waals surface area contributed by atoms with Gasteiger partial charge in [0.25, 0.3) is 0 Å². The zero-order chi connectivity index (χ0) is 16.1. The number of carbonyl (C=O) groups excluding carboxylic acids is 1. The van der Waals surface area contributed by atoms with E-state index in [2.05, 4.69) is 10.4 Å². The molecule has 2 aromatic rings. The highest BCUT2D eigenvalue weighted by Gasteiger charge is 2.33. The number of hydrogen-bond donors (Lipinski definition) is 2. The molecule has 5 heteroatoms. The normalized spacial score (nSPS) is 16.4. The third-order valence-corrected chi connectivity index (χ3v) is 4.42. The van der Waals surface area contributed by atoms with Crippen LogP contribution in [-0.2, 0) is 11.2 Å². The summed E-state index contributed by atoms with van der Waals surface area (Å²) in [5.41, 5.74) is 1.32. The van der Waals surface area contributed by atoms with Gasteiger partial charge in [-0.1, -0.05) is 31.0 Å². The van der Waals surface area contributed by atoms with Gasteiger partial charge in [0.05, 0.1) is 23.9 Å². The average Bonchev–Trinajstić information content (AvgIpc) is 3.18. The quantitative estimate of drug-likeness (QED) is 0.859. The van der Waals surface area contributed by atoms with Crippen molar-refractivity contribution in [3.8, 4) is 5.69 Å². The lowest BCUT2D eigenvalue weighted by Gasteiger charge is -2.20. The maximum Gasteiger partial charge on any atom is 0.222 e. The lowest BCUT2D eigenvalue weighted by atomic mass is 9.98. The SMILES string of the molecule is O=C(CC1(O)CCCC1)NCCc1cnn(-c2ccccc2)c1. The van der Waals surface area contributed by atoms with Gasteiger partial charge in [-0.15, -0.1) is 0 Å². The van der Waals surface area contributed by atoms with Crippen LogP contribution in [0.5, 0.6) is 0 Å². The molecule has 1 fully saturated rings. The molecule has 1 amide bonds. The fourth-order valence-electron chi connectivity index (χ4n) is 3.13. The van der Waals surface area contributed by atoms with Crippen molar-refractivity contribution >= 4 is 5.91 Å². The Hall–Kier alpha value is -2.14. The van der Waals surface area contributed by atoms with Gasteiger partial charge in [0.15, 0.2) is 0 Å². The van der Waals surface area contributed by atoms with Crippen LogP contribution in [0.1, 0.15) is 37.7 Å². The van der Waals surface area contributed by atoms with E-state index in [4.69, 9.17) is 0 Å². The number of amides is 1. The number of aromatic nitrogens is 2. The highest BCUT2D eigenvalue weighted by atomic mass is 16.3. The van der Waals surface area contributed by atoms with Crippen LogP contribution in [0.25, 0.3) is 5.69 Å². The Bertz CT molecular complexity index is 645. The molecule has 1 aromatic heterocycles. The Morgan fingerprint density at radius 1 is 1.26 bits per heavy atom. The smallest absolute Gasteiger partial charge is 0.222 e. The van der Waals surface area contributed by atoms with Crippen LogP contribution in [0.3, 0.4) is 0 Å². The zero-order valence-electron chi connectivity index (χ0n) is 13.2. The largest absolute Gasteiger partial charge is 0.389 e. The van der Waals surface area contributed by atoms with Gasteiger partial charge >= 0.3 is 0 Å². The first-order chi connectivity index (χ1) is 11.1. The monoisotopic (exact) mass is 313 g/mol. The van der Waals surface area contributed by atoms with Crippen LogP contribution in [0, 0.1) is 0 Å². The predicted molar refractivity (Wildman–Crippen MR) is 88.3 cm³/mol. The summed E-state index contributed by atoms with van der Waals surface area (Å²) in [5, 5.41) is 17.5. The molecule has 0 bridgehead atoms. The summed E-state index contributed by atoms with van der Waals surface area (Å²) >= 11 is 0. The van der Waals surface area contributed by atoms with E-state index in [0.29, 0.717) is 6.54 Å². The first-order valence-corrected chi connectivity index (χ1v) is 8.23. The maximum absolute atomic E-state index is 11.9. The van der Waals surface area contributed by atoms with Crippen molar-refractivity contribution in [2.45, 2.75) is 44.1 Å². The van der Waals surface area contributed by atoms with Crippen LogP contribution >= 0.6 is 0 Å². The Morgan fingerprint density at radius 2 is 2.00 bits per heavy atom. The molecule has 1 saturated carbocycles. The third kappa shape index (κ3) is 4.20. The third-order valence-electron chi connectivity index (χ3n) is 4.42. The van der Waals surface area contributed by atoms with Crippen molar-refractivity contribution in [3.05, 3.63) is 48.3 Å². The molecule has 0 saturated heterocycles. The van der Waals surface area contributed by atoms with E-state index in [9.17, 15) is 9.90 Å². The van der Waals surface area contributed by atoms with Crippen molar-refractivity contribution in [2.24, 2.45) is 0 Å². The van der Waals surface area contributed by atoms with E-state index in [0.717, 1.165) is 43.4 Å². The summed E-state index contributed by atoms with van der Waals surface area (Å²) in [6.45, 7) is 0.565. The van der Waals surface area contributed by atoms with Gasteiger partial charge in [-0.25, -0.2) is 4.68 Å². The zero-order valence-corrected chi connectivity index (χ0v) is 13.2. The van der Waals surface area contributed by atoms with E-state index in [1.807, 2.05) is 47.4 Å². The van der Waals surface area contributed by atoms with Crippen molar-refractivity contribution in [2.75, 3.05) is 6.54 Å². The molecule has 1 aliphatic rings. The molecule has 2 N–H and O–H groups in total. The molecule has 1 aromatic carbocycles. The van der Waals surface area contributed by atoms with Crippen molar-refractivity contribution < 1.29 is 9.90 Å². The van der Waals surface area contributed by atoms with Crippen LogP contribution in [0.2, 0.25) is 0 Å². The van der Waals surface area contributed by atoms with Crippen LogP contribution in [0.15, 0.2) is 42.7 Å². The van der Waals surface area contributed by atoms with Gasteiger partial charge in [-0.2, -0.15) is 5.10 Å². The number of nitrogens with one attached hydrogen (secondary N) is 1. The van der Waals surface area contributed by atoms with Gasteiger partial charge in [0, 0.05) is 12.7 Å². The minimum absolute atomic E-state index is 0.0650. The lowest BCUT2D eigenvalue weighted by Crippen LogP contribution is -2.35. The van der Waals surface area contributed by atoms with Crippen molar-refractivity contribution in [3.63, 3.8) is 0 Å². The molecule has 1 aliphatic carbocycles. The van der Waals surface area contributed by atoms with Gasteiger partial charge in [-0.3, -0.25) is 4.79 Å². The number of aliphatic hydroxyl groups is 1. The number of benzene rings is 1. The minimum Gasteiger partial charge on any atom is -0.389 e. The second-order valence-corrected chi connectivity index (χ2v) is 6.34. The summed E-state index contributed by atoms with van der Waals surface area (Å²) in [6.07, 6.45) is 8.27. The van der Waals surface area contributed by atoms with Gasteiger partial charge in [0.1, 0.15) is 0 Å². The summed E-state index contributed by atoms with van der Waals surface area (Å²) in [7, 11) is 0. The molecule has 0 atom stereocenters. The van der Waals surface area contributed by atoms with Gasteiger partial charge in [-0.05, 0) is 37.0 Å². The molecule has 5 nitrogen and oxygen atoms in total. The number of carbonyl (C=O) groups is 1. The van der Waals surface area contributed by atoms with Gasteiger partial charge < -0.3 is 10.4 Å². The average molecular weight is 313 g/mol. The maximum atomic E-state index is 11.9. The van der Waals surface area contributed by atoms with Crippen LogP contribution in [-0.4, -0.2) is 32.9 Å². The molecule has 0 spiro atoms. The van der Waals surface area contributed by atoms with E-state index >= 15 is 0 Å². The van der Waals surface area contributed by atoms with E-state index in [1.165, 1.54) is 0 Å². The Morgan fingerprint density at radius 3 is 2.74 bits per heavy atom. The Kier molecular flexibility index (Phi) is 4.76. The molecule has 122 valence electrons. The van der Waals surface area contributed by atoms with Crippen molar-refractivity contribution in [1.29, 1.82) is 0 Å².